The van der Waals surface area contributed by atoms with Crippen molar-refractivity contribution in [1.29, 1.82) is 0 Å². The Morgan fingerprint density at radius 3 is 2.11 bits per heavy atom. The maximum atomic E-state index is 13.7. The highest BCUT2D eigenvalue weighted by Crippen LogP contribution is 2.30. The van der Waals surface area contributed by atoms with Gasteiger partial charge < -0.3 is 9.73 Å². The summed E-state index contributed by atoms with van der Waals surface area (Å²) in [5, 5.41) is 4.24. The average Bonchev–Trinajstić information content (AvgIpc) is 3.36. The topological polar surface area (TPSA) is 42.2 Å². The van der Waals surface area contributed by atoms with Crippen molar-refractivity contribution in [2.24, 2.45) is 0 Å². The molecule has 1 atom stereocenters. The largest absolute Gasteiger partial charge is 0.456 e. The number of benzene rings is 4. The summed E-state index contributed by atoms with van der Waals surface area (Å²) in [6.45, 7) is 8.77. The van der Waals surface area contributed by atoms with Crippen molar-refractivity contribution in [3.8, 4) is 11.3 Å². The van der Waals surface area contributed by atoms with Gasteiger partial charge in [0, 0.05) is 16.6 Å². The molecular formula is C35H35NO2. The zero-order valence-corrected chi connectivity index (χ0v) is 22.6. The minimum atomic E-state index is -0.299. The number of hydrogen-bond acceptors (Lipinski definition) is 2. The zero-order chi connectivity index (χ0) is 26.7. The quantitative estimate of drug-likeness (QED) is 0.242. The molecule has 192 valence electrons. The van der Waals surface area contributed by atoms with Crippen LogP contribution >= 0.6 is 0 Å². The molecule has 3 heteroatoms. The van der Waals surface area contributed by atoms with Crippen molar-refractivity contribution >= 4 is 22.6 Å². The fourth-order valence-corrected chi connectivity index (χ4v) is 4.80. The third-order valence-electron chi connectivity index (χ3n) is 7.23. The third-order valence-corrected chi connectivity index (χ3v) is 7.23. The van der Waals surface area contributed by atoms with E-state index in [1.807, 2.05) is 54.6 Å². The van der Waals surface area contributed by atoms with Crippen LogP contribution in [0.4, 0.5) is 5.69 Å². The van der Waals surface area contributed by atoms with E-state index in [2.05, 4.69) is 81.5 Å². The summed E-state index contributed by atoms with van der Waals surface area (Å²) in [7, 11) is 0. The number of anilines is 1. The van der Waals surface area contributed by atoms with Crippen LogP contribution in [-0.4, -0.2) is 5.91 Å². The zero-order valence-electron chi connectivity index (χ0n) is 22.6. The van der Waals surface area contributed by atoms with E-state index in [9.17, 15) is 4.79 Å². The molecule has 0 fully saturated rings. The van der Waals surface area contributed by atoms with E-state index in [-0.39, 0.29) is 17.2 Å². The lowest BCUT2D eigenvalue weighted by Crippen LogP contribution is -2.23. The van der Waals surface area contributed by atoms with E-state index in [0.717, 1.165) is 45.5 Å². The fourth-order valence-electron chi connectivity index (χ4n) is 4.80. The van der Waals surface area contributed by atoms with Gasteiger partial charge in [-0.05, 0) is 76.9 Å². The molecule has 0 spiro atoms. The lowest BCUT2D eigenvalue weighted by Gasteiger charge is -2.22. The van der Waals surface area contributed by atoms with E-state index in [1.165, 1.54) is 11.1 Å². The van der Waals surface area contributed by atoms with Gasteiger partial charge in [0.15, 0.2) is 0 Å². The summed E-state index contributed by atoms with van der Waals surface area (Å²) < 4.78 is 6.00. The number of carbonyl (C=O) groups is 1. The summed E-state index contributed by atoms with van der Waals surface area (Å²) >= 11 is 0. The first-order valence-corrected chi connectivity index (χ1v) is 13.4. The molecule has 4 aromatic carbocycles. The Morgan fingerprint density at radius 2 is 1.47 bits per heavy atom. The van der Waals surface area contributed by atoms with Gasteiger partial charge in [-0.3, -0.25) is 4.79 Å². The molecule has 0 saturated carbocycles. The Balaban J connectivity index is 1.38. The minimum absolute atomic E-state index is 0.00966. The number of fused-ring (bicyclic) bond motifs is 1. The van der Waals surface area contributed by atoms with E-state index < -0.39 is 0 Å². The van der Waals surface area contributed by atoms with Crippen LogP contribution in [0.2, 0.25) is 0 Å². The highest BCUT2D eigenvalue weighted by Gasteiger charge is 2.23. The normalized spacial score (nSPS) is 12.4. The number of aryl methyl sites for hydroxylation is 1. The summed E-state index contributed by atoms with van der Waals surface area (Å²) in [4.78, 5) is 13.7. The second-order valence-electron chi connectivity index (χ2n) is 11.0. The van der Waals surface area contributed by atoms with Crippen molar-refractivity contribution in [2.75, 3.05) is 5.32 Å². The molecule has 0 saturated heterocycles. The number of para-hydroxylation sites is 1. The maximum absolute atomic E-state index is 13.7. The highest BCUT2D eigenvalue weighted by molar-refractivity contribution is 5.96. The van der Waals surface area contributed by atoms with Crippen LogP contribution in [0.5, 0.6) is 0 Å². The Kier molecular flexibility index (Phi) is 7.20. The summed E-state index contributed by atoms with van der Waals surface area (Å²) in [6, 6.07) is 35.0. The van der Waals surface area contributed by atoms with Gasteiger partial charge in [-0.15, -0.1) is 0 Å². The van der Waals surface area contributed by atoms with Crippen LogP contribution in [-0.2, 0) is 23.1 Å². The summed E-state index contributed by atoms with van der Waals surface area (Å²) in [5.74, 6) is 0.507. The summed E-state index contributed by atoms with van der Waals surface area (Å²) in [6.07, 6.45) is 1.64. The molecular weight excluding hydrogens is 466 g/mol. The van der Waals surface area contributed by atoms with Crippen molar-refractivity contribution in [2.45, 2.75) is 51.9 Å². The second kappa shape index (κ2) is 10.7. The van der Waals surface area contributed by atoms with Gasteiger partial charge in [0.1, 0.15) is 11.3 Å². The molecule has 0 aliphatic rings. The third kappa shape index (κ3) is 5.73. The Hall–Kier alpha value is -4.11. The van der Waals surface area contributed by atoms with Crippen molar-refractivity contribution < 1.29 is 9.21 Å². The molecule has 0 aliphatic carbocycles. The van der Waals surface area contributed by atoms with E-state index >= 15 is 0 Å². The van der Waals surface area contributed by atoms with E-state index in [1.54, 1.807) is 0 Å². The second-order valence-corrected chi connectivity index (χ2v) is 11.0. The minimum Gasteiger partial charge on any atom is -0.456 e. The molecule has 1 amide bonds. The number of nitrogens with one attached hydrogen (secondary N) is 1. The molecule has 0 aliphatic heterocycles. The molecule has 0 radical (unpaired) electrons. The highest BCUT2D eigenvalue weighted by atomic mass is 16.3. The van der Waals surface area contributed by atoms with Crippen molar-refractivity contribution in [3.63, 3.8) is 0 Å². The standard InChI is InChI=1S/C35H35NO2/c1-5-24-10-12-25(13-11-24)22-31(26-14-18-29(19-15-26)35(2,3)4)34(37)36-30-20-16-27(17-21-30)33-23-28-8-6-7-9-32(28)38-33/h6-21,23,31H,5,22H2,1-4H3,(H,36,37). The van der Waals surface area contributed by atoms with Crippen LogP contribution in [0, 0.1) is 0 Å². The Labute approximate surface area is 225 Å². The molecule has 1 heterocycles. The smallest absolute Gasteiger partial charge is 0.232 e. The van der Waals surface area contributed by atoms with Gasteiger partial charge in [0.2, 0.25) is 5.91 Å². The predicted octanol–water partition coefficient (Wildman–Crippen LogP) is 8.92. The Bertz CT molecular complexity index is 1490. The lowest BCUT2D eigenvalue weighted by molar-refractivity contribution is -0.117. The number of amides is 1. The summed E-state index contributed by atoms with van der Waals surface area (Å²) in [5.41, 5.74) is 7.41. The molecule has 1 N–H and O–H groups in total. The van der Waals surface area contributed by atoms with E-state index in [0.29, 0.717) is 6.42 Å². The Morgan fingerprint density at radius 1 is 0.816 bits per heavy atom. The maximum Gasteiger partial charge on any atom is 0.232 e. The predicted molar refractivity (Wildman–Crippen MR) is 158 cm³/mol. The van der Waals surface area contributed by atoms with Gasteiger partial charge in [0.25, 0.3) is 0 Å². The number of rotatable bonds is 7. The first-order valence-electron chi connectivity index (χ1n) is 13.4. The average molecular weight is 502 g/mol. The van der Waals surface area contributed by atoms with Crippen LogP contribution in [0.1, 0.15) is 55.9 Å². The van der Waals surface area contributed by atoms with Crippen LogP contribution in [0.3, 0.4) is 0 Å². The van der Waals surface area contributed by atoms with Crippen molar-refractivity contribution in [1.82, 2.24) is 0 Å². The van der Waals surface area contributed by atoms with Crippen molar-refractivity contribution in [3.05, 3.63) is 125 Å². The van der Waals surface area contributed by atoms with Crippen LogP contribution in [0.25, 0.3) is 22.3 Å². The van der Waals surface area contributed by atoms with Gasteiger partial charge in [-0.1, -0.05) is 94.4 Å². The molecule has 5 aromatic rings. The van der Waals surface area contributed by atoms with Gasteiger partial charge >= 0.3 is 0 Å². The molecule has 1 unspecified atom stereocenters. The molecule has 1 aromatic heterocycles. The monoisotopic (exact) mass is 501 g/mol. The number of furan rings is 1. The molecule has 0 bridgehead atoms. The van der Waals surface area contributed by atoms with Crippen LogP contribution in [0.15, 0.2) is 108 Å². The fraction of sp³-hybridized carbons (Fsp3) is 0.229. The molecule has 38 heavy (non-hydrogen) atoms. The number of carbonyl (C=O) groups excluding carboxylic acids is 1. The van der Waals surface area contributed by atoms with E-state index in [4.69, 9.17) is 4.42 Å². The van der Waals surface area contributed by atoms with Gasteiger partial charge in [-0.2, -0.15) is 0 Å². The molecule has 3 nitrogen and oxygen atoms in total. The SMILES string of the molecule is CCc1ccc(CC(C(=O)Nc2ccc(-c3cc4ccccc4o3)cc2)c2ccc(C(C)(C)C)cc2)cc1. The van der Waals surface area contributed by atoms with Gasteiger partial charge in [0.05, 0.1) is 5.92 Å². The van der Waals surface area contributed by atoms with Gasteiger partial charge in [-0.25, -0.2) is 0 Å². The first kappa shape index (κ1) is 25.5. The molecule has 5 rings (SSSR count). The first-order chi connectivity index (χ1) is 18.3. The van der Waals surface area contributed by atoms with Crippen LogP contribution < -0.4 is 5.32 Å². The number of hydrogen-bond donors (Lipinski definition) is 1. The lowest BCUT2D eigenvalue weighted by atomic mass is 9.84.